The summed E-state index contributed by atoms with van der Waals surface area (Å²) in [7, 11) is 1.71. The second-order valence-corrected chi connectivity index (χ2v) is 7.44. The zero-order valence-corrected chi connectivity index (χ0v) is 17.2. The van der Waals surface area contributed by atoms with Gasteiger partial charge in [0.15, 0.2) is 5.96 Å². The van der Waals surface area contributed by atoms with E-state index in [9.17, 15) is 13.2 Å². The van der Waals surface area contributed by atoms with E-state index in [0.717, 1.165) is 63.5 Å². The molecule has 0 aromatic heterocycles. The van der Waals surface area contributed by atoms with Gasteiger partial charge in [-0.3, -0.25) is 4.99 Å². The van der Waals surface area contributed by atoms with Crippen molar-refractivity contribution in [3.8, 4) is 11.8 Å². The molecule has 0 spiro atoms. The first kappa shape index (κ1) is 22.4. The van der Waals surface area contributed by atoms with E-state index >= 15 is 0 Å². The first-order valence-corrected chi connectivity index (χ1v) is 10.3. The molecule has 1 atom stereocenters. The van der Waals surface area contributed by atoms with Crippen molar-refractivity contribution < 1.29 is 22.6 Å². The summed E-state index contributed by atoms with van der Waals surface area (Å²) in [5, 5.41) is 3.17. The first-order chi connectivity index (χ1) is 14.5. The van der Waals surface area contributed by atoms with Crippen molar-refractivity contribution in [2.45, 2.75) is 44.1 Å². The highest BCUT2D eigenvalue weighted by atomic mass is 19.4. The number of hydrogen-bond donors (Lipinski definition) is 1. The number of rotatable bonds is 4. The molecule has 1 N–H and O–H groups in total. The fourth-order valence-electron chi connectivity index (χ4n) is 3.63. The van der Waals surface area contributed by atoms with Crippen LogP contribution >= 0.6 is 0 Å². The molecule has 1 aromatic rings. The Morgan fingerprint density at radius 3 is 2.77 bits per heavy atom. The minimum atomic E-state index is -4.36. The molecule has 3 rings (SSSR count). The molecule has 0 saturated carbocycles. The normalized spacial score (nSPS) is 20.7. The van der Waals surface area contributed by atoms with Crippen LogP contribution < -0.4 is 5.32 Å². The Labute approximate surface area is 175 Å². The smallest absolute Gasteiger partial charge is 0.376 e. The molecule has 164 valence electrons. The van der Waals surface area contributed by atoms with Crippen LogP contribution in [0.25, 0.3) is 0 Å². The average Bonchev–Trinajstić information content (AvgIpc) is 3.26. The number of guanidine groups is 1. The van der Waals surface area contributed by atoms with E-state index in [-0.39, 0.29) is 12.2 Å². The second kappa shape index (κ2) is 10.7. The van der Waals surface area contributed by atoms with Crippen molar-refractivity contribution in [1.82, 2.24) is 10.2 Å². The van der Waals surface area contributed by atoms with Gasteiger partial charge in [0.2, 0.25) is 0 Å². The molecule has 2 saturated heterocycles. The van der Waals surface area contributed by atoms with Crippen LogP contribution in [0.5, 0.6) is 0 Å². The summed E-state index contributed by atoms with van der Waals surface area (Å²) in [6.45, 7) is 3.47. The number of ether oxygens (including phenoxy) is 2. The molecular formula is C22H28F3N3O2. The number of halogens is 3. The number of nitrogens with zero attached hydrogens (tertiary/aromatic N) is 2. The lowest BCUT2D eigenvalue weighted by atomic mass is 10.1. The van der Waals surface area contributed by atoms with Gasteiger partial charge in [-0.05, 0) is 43.9 Å². The van der Waals surface area contributed by atoms with Gasteiger partial charge in [-0.1, -0.05) is 17.9 Å². The number of likely N-dealkylation sites (tertiary alicyclic amines) is 1. The molecule has 1 unspecified atom stereocenters. The number of aliphatic imine (C=N–C) groups is 1. The number of alkyl halides is 3. The lowest BCUT2D eigenvalue weighted by Gasteiger charge is -2.34. The summed E-state index contributed by atoms with van der Waals surface area (Å²) in [5.41, 5.74) is -0.353. The zero-order chi connectivity index (χ0) is 21.4. The quantitative estimate of drug-likeness (QED) is 0.459. The molecule has 2 aliphatic rings. The Morgan fingerprint density at radius 1 is 1.30 bits per heavy atom. The summed E-state index contributed by atoms with van der Waals surface area (Å²) in [6.07, 6.45) is 0.157. The molecule has 8 heteroatoms. The van der Waals surface area contributed by atoms with Gasteiger partial charge in [-0.15, -0.1) is 0 Å². The van der Waals surface area contributed by atoms with Crippen molar-refractivity contribution in [3.63, 3.8) is 0 Å². The highest BCUT2D eigenvalue weighted by Crippen LogP contribution is 2.29. The molecule has 5 nitrogen and oxygen atoms in total. The third-order valence-electron chi connectivity index (χ3n) is 5.25. The van der Waals surface area contributed by atoms with Crippen LogP contribution in [0.3, 0.4) is 0 Å². The number of benzene rings is 1. The van der Waals surface area contributed by atoms with Gasteiger partial charge in [0.05, 0.1) is 30.9 Å². The zero-order valence-electron chi connectivity index (χ0n) is 17.2. The number of nitrogens with one attached hydrogen (secondary N) is 1. The summed E-state index contributed by atoms with van der Waals surface area (Å²) < 4.78 is 49.9. The molecule has 0 amide bonds. The van der Waals surface area contributed by atoms with Crippen LogP contribution in [0, 0.1) is 11.8 Å². The maximum absolute atomic E-state index is 12.8. The monoisotopic (exact) mass is 423 g/mol. The van der Waals surface area contributed by atoms with Gasteiger partial charge >= 0.3 is 6.18 Å². The lowest BCUT2D eigenvalue weighted by molar-refractivity contribution is -0.137. The van der Waals surface area contributed by atoms with Gasteiger partial charge in [0.25, 0.3) is 0 Å². The Bertz CT molecular complexity index is 772. The van der Waals surface area contributed by atoms with Crippen molar-refractivity contribution in [2.24, 2.45) is 4.99 Å². The van der Waals surface area contributed by atoms with Gasteiger partial charge in [-0.25, -0.2) is 0 Å². The van der Waals surface area contributed by atoms with E-state index in [0.29, 0.717) is 18.7 Å². The van der Waals surface area contributed by atoms with E-state index in [2.05, 4.69) is 27.0 Å². The molecule has 2 heterocycles. The van der Waals surface area contributed by atoms with Crippen molar-refractivity contribution >= 4 is 5.96 Å². The largest absolute Gasteiger partial charge is 0.416 e. The molecular weight excluding hydrogens is 395 g/mol. The summed E-state index contributed by atoms with van der Waals surface area (Å²) in [5.74, 6) is 6.38. The third-order valence-corrected chi connectivity index (χ3v) is 5.25. The van der Waals surface area contributed by atoms with Crippen LogP contribution in [0.15, 0.2) is 29.3 Å². The van der Waals surface area contributed by atoms with Crippen molar-refractivity contribution in [2.75, 3.05) is 39.9 Å². The minimum Gasteiger partial charge on any atom is -0.376 e. The maximum atomic E-state index is 12.8. The van der Waals surface area contributed by atoms with Crippen LogP contribution in [-0.4, -0.2) is 63.0 Å². The standard InChI is InChI=1S/C22H28F3N3O2/c1-26-21(27-11-3-6-17-5-2-7-18(15-17)22(23,24)25)28-12-9-19(10-13-28)30-16-20-8-4-14-29-20/h2,5,7,15,19-20H,4,8-14,16H2,1H3,(H,26,27). The fourth-order valence-corrected chi connectivity index (χ4v) is 3.63. The number of piperidine rings is 1. The van der Waals surface area contributed by atoms with E-state index < -0.39 is 11.7 Å². The van der Waals surface area contributed by atoms with E-state index in [1.165, 1.54) is 6.07 Å². The highest BCUT2D eigenvalue weighted by Gasteiger charge is 2.30. The Kier molecular flexibility index (Phi) is 8.00. The Hall–Kier alpha value is -2.24. The maximum Gasteiger partial charge on any atom is 0.416 e. The number of hydrogen-bond acceptors (Lipinski definition) is 3. The molecule has 2 fully saturated rings. The third kappa shape index (κ3) is 6.64. The van der Waals surface area contributed by atoms with E-state index in [4.69, 9.17) is 9.47 Å². The van der Waals surface area contributed by atoms with E-state index in [1.807, 2.05) is 0 Å². The minimum absolute atomic E-state index is 0.240. The fraction of sp³-hybridized carbons (Fsp3) is 0.591. The molecule has 2 aliphatic heterocycles. The molecule has 1 aromatic carbocycles. The SMILES string of the molecule is CN=C(NCC#Cc1cccc(C(F)(F)F)c1)N1CCC(OCC2CCCO2)CC1. The van der Waals surface area contributed by atoms with Crippen LogP contribution in [0.4, 0.5) is 13.2 Å². The van der Waals surface area contributed by atoms with Crippen LogP contribution in [-0.2, 0) is 15.7 Å². The molecule has 0 aliphatic carbocycles. The van der Waals surface area contributed by atoms with Gasteiger partial charge in [0.1, 0.15) is 0 Å². The second-order valence-electron chi connectivity index (χ2n) is 7.44. The van der Waals surface area contributed by atoms with Gasteiger partial charge < -0.3 is 19.7 Å². The Balaban J connectivity index is 1.42. The lowest BCUT2D eigenvalue weighted by Crippen LogP contribution is -2.47. The predicted octanol–water partition coefficient (Wildman–Crippen LogP) is 3.29. The summed E-state index contributed by atoms with van der Waals surface area (Å²) >= 11 is 0. The highest BCUT2D eigenvalue weighted by molar-refractivity contribution is 5.80. The van der Waals surface area contributed by atoms with Crippen LogP contribution in [0.1, 0.15) is 36.8 Å². The van der Waals surface area contributed by atoms with Gasteiger partial charge in [0, 0.05) is 32.3 Å². The van der Waals surface area contributed by atoms with Crippen molar-refractivity contribution in [1.29, 1.82) is 0 Å². The molecule has 0 bridgehead atoms. The first-order valence-electron chi connectivity index (χ1n) is 10.3. The van der Waals surface area contributed by atoms with Gasteiger partial charge in [-0.2, -0.15) is 13.2 Å². The molecule has 0 radical (unpaired) electrons. The summed E-state index contributed by atoms with van der Waals surface area (Å²) in [4.78, 5) is 6.44. The summed E-state index contributed by atoms with van der Waals surface area (Å²) in [6, 6.07) is 5.03. The topological polar surface area (TPSA) is 46.1 Å². The average molecular weight is 423 g/mol. The Morgan fingerprint density at radius 2 is 2.10 bits per heavy atom. The van der Waals surface area contributed by atoms with Crippen LogP contribution in [0.2, 0.25) is 0 Å². The van der Waals surface area contributed by atoms with Crippen molar-refractivity contribution in [3.05, 3.63) is 35.4 Å². The molecule has 30 heavy (non-hydrogen) atoms. The van der Waals surface area contributed by atoms with E-state index in [1.54, 1.807) is 13.1 Å². The predicted molar refractivity (Wildman–Crippen MR) is 109 cm³/mol.